The summed E-state index contributed by atoms with van der Waals surface area (Å²) < 4.78 is 13.4. The van der Waals surface area contributed by atoms with E-state index < -0.39 is 0 Å². The van der Waals surface area contributed by atoms with Crippen molar-refractivity contribution in [3.63, 3.8) is 0 Å². The summed E-state index contributed by atoms with van der Waals surface area (Å²) in [6.07, 6.45) is 0. The third-order valence-electron chi connectivity index (χ3n) is 5.12. The first-order valence-corrected chi connectivity index (χ1v) is 11.3. The fourth-order valence-corrected chi connectivity index (χ4v) is 3.68. The van der Waals surface area contributed by atoms with Crippen molar-refractivity contribution in [2.24, 2.45) is 0 Å². The zero-order chi connectivity index (χ0) is 23.9. The van der Waals surface area contributed by atoms with Crippen LogP contribution in [0.2, 0.25) is 5.02 Å². The lowest BCUT2D eigenvalue weighted by Crippen LogP contribution is -2.27. The van der Waals surface area contributed by atoms with Gasteiger partial charge in [0.1, 0.15) is 13.2 Å². The number of rotatable bonds is 9. The smallest absolute Gasteiger partial charge is 0.240 e. The molecule has 174 valence electrons. The van der Waals surface area contributed by atoms with Crippen LogP contribution in [0.5, 0.6) is 11.5 Å². The molecule has 0 radical (unpaired) electrons. The molecule has 4 rings (SSSR count). The van der Waals surface area contributed by atoms with Gasteiger partial charge in [-0.1, -0.05) is 48.0 Å². The zero-order valence-corrected chi connectivity index (χ0v) is 20.0. The van der Waals surface area contributed by atoms with Crippen molar-refractivity contribution in [3.05, 3.63) is 93.7 Å². The van der Waals surface area contributed by atoms with Crippen LogP contribution in [0.15, 0.2) is 72.8 Å². The van der Waals surface area contributed by atoms with Crippen molar-refractivity contribution in [2.75, 3.05) is 7.11 Å². The Labute approximate surface area is 207 Å². The van der Waals surface area contributed by atoms with Gasteiger partial charge in [0.25, 0.3) is 0 Å². The first kappa shape index (κ1) is 23.5. The van der Waals surface area contributed by atoms with E-state index in [-0.39, 0.29) is 12.5 Å². The minimum Gasteiger partial charge on any atom is -0.493 e. The molecule has 0 unspecified atom stereocenters. The molecule has 1 aromatic heterocycles. The van der Waals surface area contributed by atoms with Gasteiger partial charge in [-0.2, -0.15) is 5.10 Å². The van der Waals surface area contributed by atoms with Crippen LogP contribution in [0.25, 0.3) is 11.4 Å². The summed E-state index contributed by atoms with van der Waals surface area (Å²) >= 11 is 11.3. The van der Waals surface area contributed by atoms with Crippen LogP contribution in [-0.4, -0.2) is 27.8 Å². The number of hydrogen-bond donors (Lipinski definition) is 2. The lowest BCUT2D eigenvalue weighted by Gasteiger charge is -2.13. The van der Waals surface area contributed by atoms with E-state index in [1.165, 1.54) is 0 Å². The molecule has 3 aromatic carbocycles. The molecule has 0 saturated carbocycles. The lowest BCUT2D eigenvalue weighted by atomic mass is 10.2. The third-order valence-corrected chi connectivity index (χ3v) is 5.68. The van der Waals surface area contributed by atoms with Crippen LogP contribution in [0, 0.1) is 4.77 Å². The molecule has 1 heterocycles. The highest BCUT2D eigenvalue weighted by atomic mass is 35.5. The van der Waals surface area contributed by atoms with E-state index in [9.17, 15) is 4.79 Å². The molecule has 7 nitrogen and oxygen atoms in total. The van der Waals surface area contributed by atoms with Crippen molar-refractivity contribution < 1.29 is 14.3 Å². The van der Waals surface area contributed by atoms with Crippen LogP contribution < -0.4 is 14.8 Å². The second-order valence-corrected chi connectivity index (χ2v) is 8.30. The summed E-state index contributed by atoms with van der Waals surface area (Å²) in [6, 6.07) is 22.7. The van der Waals surface area contributed by atoms with Gasteiger partial charge in [-0.15, -0.1) is 0 Å². The predicted molar refractivity (Wildman–Crippen MR) is 133 cm³/mol. The van der Waals surface area contributed by atoms with E-state index in [2.05, 4.69) is 15.5 Å². The highest BCUT2D eigenvalue weighted by Gasteiger charge is 2.13. The van der Waals surface area contributed by atoms with Crippen LogP contribution in [0.3, 0.4) is 0 Å². The molecule has 0 aliphatic carbocycles. The Morgan fingerprint density at radius 1 is 1.06 bits per heavy atom. The molecule has 34 heavy (non-hydrogen) atoms. The van der Waals surface area contributed by atoms with Crippen molar-refractivity contribution in [1.82, 2.24) is 20.1 Å². The Hall–Kier alpha value is -3.62. The van der Waals surface area contributed by atoms with Gasteiger partial charge < -0.3 is 14.8 Å². The van der Waals surface area contributed by atoms with Crippen LogP contribution in [-0.2, 0) is 24.5 Å². The van der Waals surface area contributed by atoms with Gasteiger partial charge >= 0.3 is 0 Å². The summed E-state index contributed by atoms with van der Waals surface area (Å²) in [5.74, 6) is 1.61. The van der Waals surface area contributed by atoms with E-state index >= 15 is 0 Å². The second kappa shape index (κ2) is 11.0. The lowest BCUT2D eigenvalue weighted by molar-refractivity contribution is -0.121. The fraction of sp³-hybridized carbons (Fsp3) is 0.160. The molecule has 0 spiro atoms. The number of amides is 1. The molecular weight excluding hydrogens is 472 g/mol. The maximum Gasteiger partial charge on any atom is 0.240 e. The number of methoxy groups -OCH3 is 1. The second-order valence-electron chi connectivity index (χ2n) is 7.48. The number of aromatic nitrogens is 3. The topological polar surface area (TPSA) is 81.2 Å². The minimum absolute atomic E-state index is 0.0305. The summed E-state index contributed by atoms with van der Waals surface area (Å²) in [5.41, 5.74) is 2.75. The molecule has 0 fully saturated rings. The van der Waals surface area contributed by atoms with Crippen LogP contribution in [0.1, 0.15) is 11.1 Å². The fourth-order valence-electron chi connectivity index (χ4n) is 3.36. The highest BCUT2D eigenvalue weighted by Crippen LogP contribution is 2.29. The first-order chi connectivity index (χ1) is 16.5. The van der Waals surface area contributed by atoms with E-state index in [0.717, 1.165) is 16.7 Å². The minimum atomic E-state index is -0.198. The number of carbonyl (C=O) groups excluding carboxylic acids is 1. The van der Waals surface area contributed by atoms with Gasteiger partial charge in [0.2, 0.25) is 5.91 Å². The number of aromatic amines is 1. The van der Waals surface area contributed by atoms with Crippen molar-refractivity contribution >= 4 is 29.7 Å². The van der Waals surface area contributed by atoms with Crippen molar-refractivity contribution in [1.29, 1.82) is 0 Å². The average Bonchev–Trinajstić information content (AvgIpc) is 3.22. The number of ether oxygens (including phenoxy) is 2. The van der Waals surface area contributed by atoms with E-state index in [1.807, 2.05) is 60.7 Å². The molecule has 0 aliphatic heterocycles. The third kappa shape index (κ3) is 5.84. The molecule has 9 heteroatoms. The Morgan fingerprint density at radius 3 is 2.56 bits per heavy atom. The van der Waals surface area contributed by atoms with Crippen LogP contribution >= 0.6 is 23.8 Å². The SMILES string of the molecule is COc1cc(CNC(=O)Cn2c(-c3ccc(Cl)cc3)n[nH]c2=S)ccc1OCc1ccccc1. The van der Waals surface area contributed by atoms with Crippen molar-refractivity contribution in [3.8, 4) is 22.9 Å². The molecule has 0 aliphatic rings. The molecule has 2 N–H and O–H groups in total. The van der Waals surface area contributed by atoms with Gasteiger partial charge in [0.15, 0.2) is 22.1 Å². The summed E-state index contributed by atoms with van der Waals surface area (Å²) in [7, 11) is 1.59. The van der Waals surface area contributed by atoms with Gasteiger partial charge in [-0.3, -0.25) is 14.5 Å². The number of carbonyl (C=O) groups is 1. The summed E-state index contributed by atoms with van der Waals surface area (Å²) in [6.45, 7) is 0.798. The number of H-pyrrole nitrogens is 1. The average molecular weight is 495 g/mol. The monoisotopic (exact) mass is 494 g/mol. The van der Waals surface area contributed by atoms with E-state index in [4.69, 9.17) is 33.3 Å². The van der Waals surface area contributed by atoms with Gasteiger partial charge in [-0.25, -0.2) is 0 Å². The molecule has 0 atom stereocenters. The van der Waals surface area contributed by atoms with Gasteiger partial charge in [0.05, 0.1) is 7.11 Å². The number of hydrogen-bond acceptors (Lipinski definition) is 5. The van der Waals surface area contributed by atoms with Crippen LogP contribution in [0.4, 0.5) is 0 Å². The Morgan fingerprint density at radius 2 is 1.82 bits per heavy atom. The van der Waals surface area contributed by atoms with E-state index in [1.54, 1.807) is 23.8 Å². The quantitative estimate of drug-likeness (QED) is 0.314. The Balaban J connectivity index is 1.38. The molecular formula is C25H23ClN4O3S. The maximum atomic E-state index is 12.7. The van der Waals surface area contributed by atoms with Gasteiger partial charge in [-0.05, 0) is 59.7 Å². The maximum absolute atomic E-state index is 12.7. The number of halogens is 1. The standard InChI is InChI=1S/C25H23ClN4O3S/c1-32-22-13-18(7-12-21(22)33-16-17-5-3-2-4-6-17)14-27-23(31)15-30-24(28-29-25(30)34)19-8-10-20(26)11-9-19/h2-13H,14-16H2,1H3,(H,27,31)(H,29,34). The summed E-state index contributed by atoms with van der Waals surface area (Å²) in [5, 5.41) is 10.5. The molecule has 1 amide bonds. The van der Waals surface area contributed by atoms with Crippen molar-refractivity contribution in [2.45, 2.75) is 19.7 Å². The number of nitrogens with one attached hydrogen (secondary N) is 2. The largest absolute Gasteiger partial charge is 0.493 e. The molecule has 4 aromatic rings. The Kier molecular flexibility index (Phi) is 7.61. The first-order valence-electron chi connectivity index (χ1n) is 10.5. The van der Waals surface area contributed by atoms with Gasteiger partial charge in [0, 0.05) is 17.1 Å². The number of nitrogens with zero attached hydrogens (tertiary/aromatic N) is 2. The normalized spacial score (nSPS) is 10.6. The zero-order valence-electron chi connectivity index (χ0n) is 18.5. The predicted octanol–water partition coefficient (Wildman–Crippen LogP) is 5.17. The van der Waals surface area contributed by atoms with E-state index in [0.29, 0.717) is 40.3 Å². The highest BCUT2D eigenvalue weighted by molar-refractivity contribution is 7.71. The molecule has 0 saturated heterocycles. The number of benzene rings is 3. The molecule has 0 bridgehead atoms. The Bertz CT molecular complexity index is 1320. The summed E-state index contributed by atoms with van der Waals surface area (Å²) in [4.78, 5) is 12.7.